The predicted molar refractivity (Wildman–Crippen MR) is 112 cm³/mol. The predicted octanol–water partition coefficient (Wildman–Crippen LogP) is 4.62. The maximum absolute atomic E-state index is 14.3. The molecule has 0 spiro atoms. The zero-order chi connectivity index (χ0) is 26.5. The summed E-state index contributed by atoms with van der Waals surface area (Å²) in [5.74, 6) is 3.76. The van der Waals surface area contributed by atoms with Crippen LogP contribution in [-0.2, 0) is 22.4 Å². The molecule has 0 radical (unpaired) electrons. The second-order valence-corrected chi connectivity index (χ2v) is 8.89. The van der Waals surface area contributed by atoms with Crippen LogP contribution in [0.5, 0.6) is 0 Å². The van der Waals surface area contributed by atoms with Crippen LogP contribution in [0, 0.1) is 17.7 Å². The first kappa shape index (κ1) is 25.1. The van der Waals surface area contributed by atoms with Crippen molar-refractivity contribution in [1.82, 2.24) is 14.6 Å². The second kappa shape index (κ2) is 8.61. The van der Waals surface area contributed by atoms with Gasteiger partial charge in [-0.15, -0.1) is 0 Å². The Kier molecular flexibility index (Phi) is 6.01. The molecule has 2 aromatic carbocycles. The molecule has 0 atom stereocenters. The van der Waals surface area contributed by atoms with Crippen LogP contribution >= 0.6 is 0 Å². The number of rotatable bonds is 2. The third-order valence-electron chi connectivity index (χ3n) is 4.87. The average Bonchev–Trinajstić information content (AvgIpc) is 3.18. The van der Waals surface area contributed by atoms with Crippen molar-refractivity contribution in [2.24, 2.45) is 5.14 Å². The molecule has 0 unspecified atom stereocenters. The van der Waals surface area contributed by atoms with Gasteiger partial charge in [-0.3, -0.25) is 0 Å². The van der Waals surface area contributed by atoms with Crippen LogP contribution in [0.1, 0.15) is 22.4 Å². The number of nitrogens with zero attached hydrogens (tertiary/aromatic N) is 3. The zero-order valence-corrected chi connectivity index (χ0v) is 18.3. The van der Waals surface area contributed by atoms with Crippen molar-refractivity contribution in [3.8, 4) is 23.1 Å². The van der Waals surface area contributed by atoms with E-state index in [4.69, 9.17) is 5.14 Å². The minimum Gasteiger partial charge on any atom is -0.227 e. The highest BCUT2D eigenvalue weighted by Crippen LogP contribution is 2.34. The molecule has 2 aromatic heterocycles. The summed E-state index contributed by atoms with van der Waals surface area (Å²) in [6.45, 7) is 0. The third-order valence-corrected chi connectivity index (χ3v) is 5.78. The van der Waals surface area contributed by atoms with Gasteiger partial charge in [-0.05, 0) is 36.4 Å². The highest BCUT2D eigenvalue weighted by atomic mass is 32.2. The first-order valence-corrected chi connectivity index (χ1v) is 11.2. The minimum absolute atomic E-state index is 0.0271. The van der Waals surface area contributed by atoms with Crippen LogP contribution in [0.25, 0.3) is 16.9 Å². The standard InChI is InChI=1S/C22H11F7N4O2S/c23-17-9-16(36(30,34)35)8-5-12(17)1-2-14-11-31-33-19(22(27,28)29)10-18(32-20(14)33)13-3-6-15(7-4-13)21(24,25)26/h3-11H,(H2,30,34,35). The number of nitrogens with two attached hydrogens (primary N) is 1. The number of hydrogen-bond acceptors (Lipinski definition) is 4. The molecule has 4 aromatic rings. The monoisotopic (exact) mass is 528 g/mol. The van der Waals surface area contributed by atoms with E-state index in [1.54, 1.807) is 0 Å². The highest BCUT2D eigenvalue weighted by molar-refractivity contribution is 7.89. The first-order chi connectivity index (χ1) is 16.6. The van der Waals surface area contributed by atoms with E-state index in [2.05, 4.69) is 21.9 Å². The summed E-state index contributed by atoms with van der Waals surface area (Å²) in [7, 11) is -4.17. The molecule has 0 aliphatic carbocycles. The Morgan fingerprint density at radius 2 is 1.50 bits per heavy atom. The lowest BCUT2D eigenvalue weighted by atomic mass is 10.1. The summed E-state index contributed by atoms with van der Waals surface area (Å²) in [6, 6.07) is 6.66. The third kappa shape index (κ3) is 5.02. The molecular weight excluding hydrogens is 517 g/mol. The summed E-state index contributed by atoms with van der Waals surface area (Å²) >= 11 is 0. The largest absolute Gasteiger partial charge is 0.433 e. The average molecular weight is 528 g/mol. The first-order valence-electron chi connectivity index (χ1n) is 9.62. The van der Waals surface area contributed by atoms with Crippen LogP contribution in [0.4, 0.5) is 30.7 Å². The lowest BCUT2D eigenvalue weighted by Gasteiger charge is -2.12. The van der Waals surface area contributed by atoms with Gasteiger partial charge in [-0.1, -0.05) is 24.0 Å². The fourth-order valence-corrected chi connectivity index (χ4v) is 3.67. The molecule has 186 valence electrons. The zero-order valence-electron chi connectivity index (χ0n) is 17.5. The molecule has 0 saturated heterocycles. The van der Waals surface area contributed by atoms with E-state index >= 15 is 0 Å². The van der Waals surface area contributed by atoms with Crippen LogP contribution < -0.4 is 5.14 Å². The van der Waals surface area contributed by atoms with Crippen molar-refractivity contribution in [1.29, 1.82) is 0 Å². The Labute approximate surface area is 198 Å². The van der Waals surface area contributed by atoms with Crippen molar-refractivity contribution < 1.29 is 39.2 Å². The molecule has 6 nitrogen and oxygen atoms in total. The SMILES string of the molecule is NS(=O)(=O)c1ccc(C#Cc2cnn3c(C(F)(F)F)cc(-c4ccc(C(F)(F)F)cc4)nc23)c(F)c1. The van der Waals surface area contributed by atoms with Gasteiger partial charge in [-0.25, -0.2) is 27.4 Å². The number of benzene rings is 2. The summed E-state index contributed by atoms with van der Waals surface area (Å²) in [6.07, 6.45) is -8.59. The van der Waals surface area contributed by atoms with E-state index in [9.17, 15) is 39.2 Å². The molecular formula is C22H11F7N4O2S. The molecule has 2 heterocycles. The maximum Gasteiger partial charge on any atom is 0.433 e. The van der Waals surface area contributed by atoms with E-state index in [0.29, 0.717) is 28.8 Å². The summed E-state index contributed by atoms with van der Waals surface area (Å²) in [5, 5.41) is 8.57. The molecule has 0 fully saturated rings. The van der Waals surface area contributed by atoms with Gasteiger partial charge in [0.05, 0.1) is 33.5 Å². The van der Waals surface area contributed by atoms with Crippen molar-refractivity contribution in [2.75, 3.05) is 0 Å². The number of aromatic nitrogens is 3. The number of sulfonamides is 1. The van der Waals surface area contributed by atoms with E-state index < -0.39 is 44.3 Å². The van der Waals surface area contributed by atoms with Gasteiger partial charge in [0.1, 0.15) is 5.82 Å². The van der Waals surface area contributed by atoms with Crippen molar-refractivity contribution in [2.45, 2.75) is 17.2 Å². The van der Waals surface area contributed by atoms with Gasteiger partial charge in [0, 0.05) is 5.56 Å². The highest BCUT2D eigenvalue weighted by Gasteiger charge is 2.36. The summed E-state index contributed by atoms with van der Waals surface area (Å²) < 4.78 is 117. The van der Waals surface area contributed by atoms with Crippen molar-refractivity contribution in [3.63, 3.8) is 0 Å². The van der Waals surface area contributed by atoms with Gasteiger partial charge in [0.15, 0.2) is 11.3 Å². The summed E-state index contributed by atoms with van der Waals surface area (Å²) in [4.78, 5) is 3.58. The fourth-order valence-electron chi connectivity index (χ4n) is 3.14. The van der Waals surface area contributed by atoms with Gasteiger partial charge in [-0.2, -0.15) is 31.4 Å². The van der Waals surface area contributed by atoms with E-state index in [1.165, 1.54) is 0 Å². The quantitative estimate of drug-likeness (QED) is 0.304. The lowest BCUT2D eigenvalue weighted by molar-refractivity contribution is -0.142. The minimum atomic E-state index is -4.91. The number of fused-ring (bicyclic) bond motifs is 1. The van der Waals surface area contributed by atoms with E-state index in [-0.39, 0.29) is 28.0 Å². The van der Waals surface area contributed by atoms with Crippen LogP contribution in [0.3, 0.4) is 0 Å². The Morgan fingerprint density at radius 1 is 0.861 bits per heavy atom. The topological polar surface area (TPSA) is 90.4 Å². The molecule has 0 aliphatic rings. The van der Waals surface area contributed by atoms with Crippen LogP contribution in [-0.4, -0.2) is 23.0 Å². The Morgan fingerprint density at radius 3 is 2.06 bits per heavy atom. The Bertz CT molecular complexity index is 1650. The van der Waals surface area contributed by atoms with E-state index in [0.717, 1.165) is 30.5 Å². The van der Waals surface area contributed by atoms with Crippen LogP contribution in [0.15, 0.2) is 59.6 Å². The van der Waals surface area contributed by atoms with Crippen LogP contribution in [0.2, 0.25) is 0 Å². The Hall–Kier alpha value is -3.96. The Balaban J connectivity index is 1.83. The normalized spacial score (nSPS) is 12.4. The number of primary sulfonamides is 1. The smallest absolute Gasteiger partial charge is 0.227 e. The van der Waals surface area contributed by atoms with E-state index in [1.807, 2.05) is 0 Å². The molecule has 14 heteroatoms. The molecule has 36 heavy (non-hydrogen) atoms. The molecule has 0 bridgehead atoms. The molecule has 0 amide bonds. The van der Waals surface area contributed by atoms with Crippen molar-refractivity contribution >= 4 is 15.7 Å². The second-order valence-electron chi connectivity index (χ2n) is 7.33. The van der Waals surface area contributed by atoms with Gasteiger partial charge in [0.25, 0.3) is 0 Å². The molecule has 4 rings (SSSR count). The summed E-state index contributed by atoms with van der Waals surface area (Å²) in [5.41, 5.74) is -3.39. The number of halogens is 7. The molecule has 0 aliphatic heterocycles. The number of hydrogen-bond donors (Lipinski definition) is 1. The molecule has 2 N–H and O–H groups in total. The maximum atomic E-state index is 14.3. The van der Waals surface area contributed by atoms with Gasteiger partial charge < -0.3 is 0 Å². The number of alkyl halides is 6. The van der Waals surface area contributed by atoms with Gasteiger partial charge in [0.2, 0.25) is 10.0 Å². The molecule has 0 saturated carbocycles. The van der Waals surface area contributed by atoms with Gasteiger partial charge >= 0.3 is 12.4 Å². The fraction of sp³-hybridized carbons (Fsp3) is 0.0909. The lowest BCUT2D eigenvalue weighted by Crippen LogP contribution is -2.13. The van der Waals surface area contributed by atoms with Crippen molar-refractivity contribution in [3.05, 3.63) is 82.9 Å².